The third-order valence-corrected chi connectivity index (χ3v) is 5.16. The molecule has 0 aromatic heterocycles. The summed E-state index contributed by atoms with van der Waals surface area (Å²) in [5.41, 5.74) is 0.989. The molecule has 0 saturated carbocycles. The molecule has 1 fully saturated rings. The van der Waals surface area contributed by atoms with Gasteiger partial charge in [0.2, 0.25) is 0 Å². The Hall–Kier alpha value is -1.28. The third-order valence-electron chi connectivity index (χ3n) is 3.88. The molecule has 1 N–H and O–H groups in total. The number of likely N-dealkylation sites (N-methyl/N-ethyl adjacent to an activating group) is 1. The third kappa shape index (κ3) is 5.10. The molecular weight excluding hydrogens is 314 g/mol. The fourth-order valence-corrected chi connectivity index (χ4v) is 3.53. The highest BCUT2D eigenvalue weighted by Gasteiger charge is 2.31. The second kappa shape index (κ2) is 8.54. The lowest BCUT2D eigenvalue weighted by molar-refractivity contribution is -0.111. The summed E-state index contributed by atoms with van der Waals surface area (Å²) in [6.45, 7) is 1.64. The largest absolute Gasteiger partial charge is 0.494 e. The first-order chi connectivity index (χ1) is 11.0. The van der Waals surface area contributed by atoms with E-state index in [9.17, 15) is 9.00 Å². The van der Waals surface area contributed by atoms with Gasteiger partial charge in [0.15, 0.2) is 11.2 Å². The Labute approximate surface area is 140 Å². The summed E-state index contributed by atoms with van der Waals surface area (Å²) in [5, 5.41) is 0. The smallest absolute Gasteiger partial charge is 0.170 e. The van der Waals surface area contributed by atoms with Gasteiger partial charge >= 0.3 is 0 Å². The lowest BCUT2D eigenvalue weighted by Gasteiger charge is -2.33. The van der Waals surface area contributed by atoms with Crippen LogP contribution in [0.2, 0.25) is 0 Å². The van der Waals surface area contributed by atoms with Gasteiger partial charge in [-0.25, -0.2) is 13.2 Å². The number of carbonyl (C=O) groups is 1. The summed E-state index contributed by atoms with van der Waals surface area (Å²) in [4.78, 5) is 13.3. The number of hydrogen-bond donors (Lipinski definition) is 1. The zero-order valence-electron chi connectivity index (χ0n) is 13.9. The number of hydrogen-bond acceptors (Lipinski definition) is 4. The standard InChI is InChI=1S/C16H25N3O3S/c1-18(2)8-5-9-22-15-7-4-6-13(10-15)16-11-14(12-20)19(3)23(21)17-16/h4,6-7,10,12,14,16-17H,5,8-9,11H2,1-3H3. The van der Waals surface area contributed by atoms with E-state index in [4.69, 9.17) is 4.74 Å². The van der Waals surface area contributed by atoms with Gasteiger partial charge in [0.1, 0.15) is 12.0 Å². The van der Waals surface area contributed by atoms with E-state index < -0.39 is 11.2 Å². The van der Waals surface area contributed by atoms with Crippen molar-refractivity contribution in [3.05, 3.63) is 29.8 Å². The van der Waals surface area contributed by atoms with Gasteiger partial charge in [0, 0.05) is 19.6 Å². The number of nitrogens with zero attached hydrogens (tertiary/aromatic N) is 2. The highest BCUT2D eigenvalue weighted by molar-refractivity contribution is 7.80. The molecule has 1 aromatic carbocycles. The molecule has 0 bridgehead atoms. The summed E-state index contributed by atoms with van der Waals surface area (Å²) in [6.07, 6.45) is 2.41. The number of nitrogens with one attached hydrogen (secondary N) is 1. The monoisotopic (exact) mass is 339 g/mol. The molecule has 0 aliphatic carbocycles. The molecule has 1 saturated heterocycles. The molecule has 0 spiro atoms. The minimum absolute atomic E-state index is 0.118. The minimum atomic E-state index is -1.36. The second-order valence-electron chi connectivity index (χ2n) is 5.98. The summed E-state index contributed by atoms with van der Waals surface area (Å²) < 4.78 is 22.4. The number of ether oxygens (including phenoxy) is 1. The Balaban J connectivity index is 1.99. The van der Waals surface area contributed by atoms with Crippen LogP contribution in [0.25, 0.3) is 0 Å². The van der Waals surface area contributed by atoms with Gasteiger partial charge in [-0.15, -0.1) is 0 Å². The maximum atomic E-state index is 12.0. The average molecular weight is 339 g/mol. The van der Waals surface area contributed by atoms with Gasteiger partial charge in [0.25, 0.3) is 0 Å². The lowest BCUT2D eigenvalue weighted by atomic mass is 10.0. The molecule has 7 heteroatoms. The number of carbonyl (C=O) groups excluding carboxylic acids is 1. The van der Waals surface area contributed by atoms with Crippen molar-refractivity contribution in [2.24, 2.45) is 0 Å². The molecule has 1 aromatic rings. The maximum absolute atomic E-state index is 12.0. The molecule has 6 nitrogen and oxygen atoms in total. The molecule has 1 heterocycles. The first-order valence-electron chi connectivity index (χ1n) is 7.75. The van der Waals surface area contributed by atoms with Crippen LogP contribution in [0.1, 0.15) is 24.4 Å². The summed E-state index contributed by atoms with van der Waals surface area (Å²) in [5.74, 6) is 0.801. The van der Waals surface area contributed by atoms with Crippen molar-refractivity contribution in [1.82, 2.24) is 13.9 Å². The van der Waals surface area contributed by atoms with Crippen LogP contribution < -0.4 is 9.46 Å². The van der Waals surface area contributed by atoms with Gasteiger partial charge in [-0.2, -0.15) is 0 Å². The number of aldehydes is 1. The predicted molar refractivity (Wildman–Crippen MR) is 91.4 cm³/mol. The Morgan fingerprint density at radius 2 is 2.26 bits per heavy atom. The summed E-state index contributed by atoms with van der Waals surface area (Å²) in [7, 11) is 5.76. The van der Waals surface area contributed by atoms with E-state index in [1.165, 1.54) is 0 Å². The molecular formula is C16H25N3O3S. The maximum Gasteiger partial charge on any atom is 0.170 e. The molecule has 0 radical (unpaired) electrons. The molecule has 23 heavy (non-hydrogen) atoms. The van der Waals surface area contributed by atoms with Crippen LogP contribution >= 0.6 is 0 Å². The Morgan fingerprint density at radius 3 is 2.96 bits per heavy atom. The quantitative estimate of drug-likeness (QED) is 0.598. The van der Waals surface area contributed by atoms with E-state index in [1.54, 1.807) is 11.4 Å². The molecule has 0 amide bonds. The van der Waals surface area contributed by atoms with Crippen molar-refractivity contribution in [3.63, 3.8) is 0 Å². The molecule has 1 aliphatic heterocycles. The van der Waals surface area contributed by atoms with Crippen molar-refractivity contribution in [3.8, 4) is 5.75 Å². The number of rotatable bonds is 7. The van der Waals surface area contributed by atoms with Gasteiger partial charge in [-0.1, -0.05) is 12.1 Å². The SMILES string of the molecule is CN(C)CCCOc1cccc(C2CC(C=O)N(C)S(=O)N2)c1. The topological polar surface area (TPSA) is 61.9 Å². The zero-order valence-corrected chi connectivity index (χ0v) is 14.7. The van der Waals surface area contributed by atoms with Crippen LogP contribution in [0.3, 0.4) is 0 Å². The van der Waals surface area contributed by atoms with Crippen molar-refractivity contribution < 1.29 is 13.7 Å². The van der Waals surface area contributed by atoms with E-state index in [2.05, 4.69) is 9.62 Å². The van der Waals surface area contributed by atoms with Gasteiger partial charge in [0.05, 0.1) is 12.6 Å². The van der Waals surface area contributed by atoms with Crippen LogP contribution in [0.5, 0.6) is 5.75 Å². The van der Waals surface area contributed by atoms with E-state index in [0.717, 1.165) is 30.6 Å². The molecule has 2 rings (SSSR count). The van der Waals surface area contributed by atoms with Crippen LogP contribution in [0.15, 0.2) is 24.3 Å². The number of benzene rings is 1. The highest BCUT2D eigenvalue weighted by Crippen LogP contribution is 2.27. The van der Waals surface area contributed by atoms with Crippen molar-refractivity contribution >= 4 is 17.5 Å². The molecule has 3 atom stereocenters. The summed E-state index contributed by atoms with van der Waals surface area (Å²) in [6, 6.07) is 7.31. The van der Waals surface area contributed by atoms with Crippen molar-refractivity contribution in [1.29, 1.82) is 0 Å². The average Bonchev–Trinajstić information content (AvgIpc) is 2.54. The fraction of sp³-hybridized carbons (Fsp3) is 0.562. The minimum Gasteiger partial charge on any atom is -0.494 e. The van der Waals surface area contributed by atoms with Crippen LogP contribution in [0, 0.1) is 0 Å². The zero-order chi connectivity index (χ0) is 16.8. The van der Waals surface area contributed by atoms with Crippen LogP contribution in [-0.4, -0.2) is 60.0 Å². The first kappa shape index (κ1) is 18.1. The Kier molecular flexibility index (Phi) is 6.71. The lowest BCUT2D eigenvalue weighted by Crippen LogP contribution is -2.48. The van der Waals surface area contributed by atoms with Crippen molar-refractivity contribution in [2.45, 2.75) is 24.9 Å². The Bertz CT molecular complexity index is 553. The van der Waals surface area contributed by atoms with Crippen molar-refractivity contribution in [2.75, 3.05) is 34.3 Å². The second-order valence-corrected chi connectivity index (χ2v) is 7.29. The van der Waals surface area contributed by atoms with Gasteiger partial charge < -0.3 is 14.4 Å². The highest BCUT2D eigenvalue weighted by atomic mass is 32.2. The molecule has 1 aliphatic rings. The van der Waals surface area contributed by atoms with E-state index in [1.807, 2.05) is 38.4 Å². The van der Waals surface area contributed by atoms with Crippen LogP contribution in [-0.2, 0) is 16.0 Å². The van der Waals surface area contributed by atoms with E-state index in [0.29, 0.717) is 13.0 Å². The predicted octanol–water partition coefficient (Wildman–Crippen LogP) is 1.13. The molecule has 128 valence electrons. The summed E-state index contributed by atoms with van der Waals surface area (Å²) >= 11 is -1.36. The van der Waals surface area contributed by atoms with Crippen LogP contribution in [0.4, 0.5) is 0 Å². The van der Waals surface area contributed by atoms with E-state index in [-0.39, 0.29) is 12.1 Å². The normalized spacial score (nSPS) is 25.5. The van der Waals surface area contributed by atoms with E-state index >= 15 is 0 Å². The molecule has 3 unspecified atom stereocenters. The Morgan fingerprint density at radius 1 is 1.48 bits per heavy atom. The van der Waals surface area contributed by atoms with Gasteiger partial charge in [-0.3, -0.25) is 0 Å². The fourth-order valence-electron chi connectivity index (χ4n) is 2.50. The van der Waals surface area contributed by atoms with Gasteiger partial charge in [-0.05, 0) is 44.6 Å². The first-order valence-corrected chi connectivity index (χ1v) is 8.85.